The third-order valence-corrected chi connectivity index (χ3v) is 4.38. The number of alkyl carbamates (subject to hydrolysis) is 2. The zero-order chi connectivity index (χ0) is 25.8. The molecule has 1 aromatic carbocycles. The van der Waals surface area contributed by atoms with Gasteiger partial charge in [0.1, 0.15) is 11.2 Å². The number of nitrogens with one attached hydrogen (secondary N) is 2. The van der Waals surface area contributed by atoms with Crippen molar-refractivity contribution < 1.29 is 19.1 Å². The van der Waals surface area contributed by atoms with Crippen LogP contribution < -0.4 is 10.6 Å². The Morgan fingerprint density at radius 1 is 0.697 bits per heavy atom. The van der Waals surface area contributed by atoms with Gasteiger partial charge in [0.15, 0.2) is 0 Å². The average Bonchev–Trinajstić information content (AvgIpc) is 2.54. The number of rotatable bonds is 2. The molecule has 2 amide bonds. The summed E-state index contributed by atoms with van der Waals surface area (Å²) in [5, 5.41) is 5.05. The summed E-state index contributed by atoms with van der Waals surface area (Å²) in [6.45, 7) is 23.8. The Hall–Kier alpha value is -2.57. The van der Waals surface area contributed by atoms with Crippen molar-refractivity contribution in [3.8, 4) is 0 Å². The topological polar surface area (TPSA) is 89.0 Å². The lowest BCUT2D eigenvalue weighted by atomic mass is 9.79. The normalized spacial score (nSPS) is 12.6. The maximum Gasteiger partial charge on any atom is 0.414 e. The van der Waals surface area contributed by atoms with Crippen LogP contribution >= 0.6 is 0 Å². The third-order valence-electron chi connectivity index (χ3n) is 4.38. The molecule has 0 saturated heterocycles. The molecule has 7 heteroatoms. The van der Waals surface area contributed by atoms with Crippen molar-refractivity contribution in [2.45, 2.75) is 112 Å². The number of aliphatic imine (C=N–C) groups is 1. The van der Waals surface area contributed by atoms with Gasteiger partial charge in [0.25, 0.3) is 0 Å². The number of ether oxygens (including phenoxy) is 2. The van der Waals surface area contributed by atoms with E-state index < -0.39 is 23.4 Å². The molecule has 0 spiro atoms. The third kappa shape index (κ3) is 11.2. The fourth-order valence-corrected chi connectivity index (χ4v) is 2.73. The van der Waals surface area contributed by atoms with Gasteiger partial charge < -0.3 is 9.47 Å². The lowest BCUT2D eigenvalue weighted by molar-refractivity contribution is 0.0545. The molecule has 186 valence electrons. The second-order valence-corrected chi connectivity index (χ2v) is 12.3. The Morgan fingerprint density at radius 2 is 1.06 bits per heavy atom. The largest absolute Gasteiger partial charge is 0.444 e. The Labute approximate surface area is 199 Å². The maximum atomic E-state index is 12.3. The van der Waals surface area contributed by atoms with E-state index in [9.17, 15) is 9.59 Å². The lowest BCUT2D eigenvalue weighted by Gasteiger charge is -2.26. The number of nitrogens with zero attached hydrogens (tertiary/aromatic N) is 1. The van der Waals surface area contributed by atoms with E-state index in [2.05, 4.69) is 75.4 Å². The van der Waals surface area contributed by atoms with Gasteiger partial charge in [-0.15, -0.1) is 0 Å². The van der Waals surface area contributed by atoms with Crippen LogP contribution in [0.5, 0.6) is 0 Å². The van der Waals surface area contributed by atoms with Crippen LogP contribution in [0.15, 0.2) is 23.2 Å². The van der Waals surface area contributed by atoms with Crippen LogP contribution in [-0.4, -0.2) is 29.3 Å². The van der Waals surface area contributed by atoms with Crippen LogP contribution in [-0.2, 0) is 26.8 Å². The molecular formula is C26H43N3O4. The molecule has 1 rings (SSSR count). The van der Waals surface area contributed by atoms with Crippen LogP contribution in [0.1, 0.15) is 99.8 Å². The molecule has 0 fully saturated rings. The highest BCUT2D eigenvalue weighted by molar-refractivity contribution is 6.01. The molecule has 7 nitrogen and oxygen atoms in total. The van der Waals surface area contributed by atoms with Crippen molar-refractivity contribution in [1.82, 2.24) is 10.6 Å². The Kier molecular flexibility index (Phi) is 8.75. The highest BCUT2D eigenvalue weighted by atomic mass is 16.6. The molecule has 0 atom stereocenters. The summed E-state index contributed by atoms with van der Waals surface area (Å²) in [5.41, 5.74) is 1.91. The van der Waals surface area contributed by atoms with E-state index in [0.29, 0.717) is 0 Å². The minimum Gasteiger partial charge on any atom is -0.444 e. The van der Waals surface area contributed by atoms with Crippen molar-refractivity contribution in [2.75, 3.05) is 0 Å². The molecule has 0 aliphatic carbocycles. The molecule has 0 bridgehead atoms. The quantitative estimate of drug-likeness (QED) is 0.406. The van der Waals surface area contributed by atoms with Gasteiger partial charge in [-0.3, -0.25) is 10.6 Å². The molecule has 33 heavy (non-hydrogen) atoms. The molecule has 0 unspecified atom stereocenters. The standard InChI is InChI=1S/C26H43N3O4/c1-23(2,3)18-13-17(14-19(15-18)24(4,5)6)16-27-20(28-21(30)32-25(7,8)9)29-22(31)33-26(10,11)12/h13-15H,16H2,1-12H3,(H2,27,28,29,30,31). The number of guanidine groups is 1. The van der Waals surface area contributed by atoms with Gasteiger partial charge in [-0.25, -0.2) is 14.6 Å². The summed E-state index contributed by atoms with van der Waals surface area (Å²) >= 11 is 0. The number of amides is 2. The van der Waals surface area contributed by atoms with E-state index in [1.807, 2.05) is 0 Å². The van der Waals surface area contributed by atoms with Gasteiger partial charge in [-0.2, -0.15) is 0 Å². The van der Waals surface area contributed by atoms with Gasteiger partial charge in [0, 0.05) is 0 Å². The fraction of sp³-hybridized carbons (Fsp3) is 0.654. The van der Waals surface area contributed by atoms with Crippen LogP contribution in [0.4, 0.5) is 9.59 Å². The van der Waals surface area contributed by atoms with Gasteiger partial charge in [0.05, 0.1) is 6.54 Å². The van der Waals surface area contributed by atoms with Crippen molar-refractivity contribution in [1.29, 1.82) is 0 Å². The van der Waals surface area contributed by atoms with E-state index in [1.54, 1.807) is 41.5 Å². The zero-order valence-electron chi connectivity index (χ0n) is 22.5. The van der Waals surface area contributed by atoms with E-state index in [-0.39, 0.29) is 23.3 Å². The van der Waals surface area contributed by atoms with Gasteiger partial charge in [0.2, 0.25) is 5.96 Å². The van der Waals surface area contributed by atoms with Gasteiger partial charge in [-0.1, -0.05) is 59.7 Å². The highest BCUT2D eigenvalue weighted by Gasteiger charge is 2.23. The van der Waals surface area contributed by atoms with Crippen molar-refractivity contribution in [3.05, 3.63) is 34.9 Å². The first-order chi connectivity index (χ1) is 14.7. The minimum atomic E-state index is -0.712. The lowest BCUT2D eigenvalue weighted by Crippen LogP contribution is -2.47. The van der Waals surface area contributed by atoms with Crippen molar-refractivity contribution >= 4 is 18.1 Å². The zero-order valence-corrected chi connectivity index (χ0v) is 22.5. The first-order valence-electron chi connectivity index (χ1n) is 11.4. The Balaban J connectivity index is 3.27. The van der Waals surface area contributed by atoms with Crippen molar-refractivity contribution in [2.24, 2.45) is 4.99 Å². The summed E-state index contributed by atoms with van der Waals surface area (Å²) in [6, 6.07) is 6.45. The SMILES string of the molecule is CC(C)(C)OC(=O)NC(=NCc1cc(C(C)(C)C)cc(C(C)(C)C)c1)NC(=O)OC(C)(C)C. The molecule has 2 N–H and O–H groups in total. The molecule has 0 aliphatic rings. The summed E-state index contributed by atoms with van der Waals surface area (Å²) in [5.74, 6) is -0.0306. The van der Waals surface area contributed by atoms with Crippen LogP contribution in [0, 0.1) is 0 Å². The second kappa shape index (κ2) is 10.1. The summed E-state index contributed by atoms with van der Waals surface area (Å²) in [7, 11) is 0. The van der Waals surface area contributed by atoms with E-state index >= 15 is 0 Å². The van der Waals surface area contributed by atoms with Crippen LogP contribution in [0.2, 0.25) is 0 Å². The first-order valence-corrected chi connectivity index (χ1v) is 11.4. The number of benzene rings is 1. The molecule has 0 radical (unpaired) electrons. The Morgan fingerprint density at radius 3 is 1.36 bits per heavy atom. The molecule has 0 aromatic heterocycles. The molecule has 0 heterocycles. The number of carbonyl (C=O) groups excluding carboxylic acids is 2. The Bertz CT molecular complexity index is 813. The van der Waals surface area contributed by atoms with E-state index in [4.69, 9.17) is 9.47 Å². The summed E-state index contributed by atoms with van der Waals surface area (Å²) < 4.78 is 10.6. The van der Waals surface area contributed by atoms with E-state index in [1.165, 1.54) is 11.1 Å². The molecular weight excluding hydrogens is 418 g/mol. The second-order valence-electron chi connectivity index (χ2n) is 12.3. The van der Waals surface area contributed by atoms with E-state index in [0.717, 1.165) is 5.56 Å². The van der Waals surface area contributed by atoms with Crippen molar-refractivity contribution in [3.63, 3.8) is 0 Å². The first kappa shape index (κ1) is 28.5. The number of hydrogen-bond acceptors (Lipinski definition) is 5. The van der Waals surface area contributed by atoms with Gasteiger partial charge in [-0.05, 0) is 69.1 Å². The predicted octanol–water partition coefficient (Wildman–Crippen LogP) is 6.19. The van der Waals surface area contributed by atoms with Crippen LogP contribution in [0.25, 0.3) is 0 Å². The van der Waals surface area contributed by atoms with Gasteiger partial charge >= 0.3 is 12.2 Å². The minimum absolute atomic E-state index is 0.0306. The summed E-state index contributed by atoms with van der Waals surface area (Å²) in [6.07, 6.45) is -1.42. The highest BCUT2D eigenvalue weighted by Crippen LogP contribution is 2.30. The number of hydrogen-bond donors (Lipinski definition) is 2. The predicted molar refractivity (Wildman–Crippen MR) is 134 cm³/mol. The molecule has 1 aromatic rings. The fourth-order valence-electron chi connectivity index (χ4n) is 2.73. The summed E-state index contributed by atoms with van der Waals surface area (Å²) in [4.78, 5) is 29.1. The maximum absolute atomic E-state index is 12.3. The molecule has 0 aliphatic heterocycles. The smallest absolute Gasteiger partial charge is 0.414 e. The monoisotopic (exact) mass is 461 g/mol. The average molecular weight is 462 g/mol. The van der Waals surface area contributed by atoms with Crippen LogP contribution in [0.3, 0.4) is 0 Å². The number of carbonyl (C=O) groups is 2. The molecule has 0 saturated carbocycles.